The molecule has 1 aliphatic heterocycles. The molecule has 0 bridgehead atoms. The van der Waals surface area contributed by atoms with E-state index in [-0.39, 0.29) is 5.68 Å². The van der Waals surface area contributed by atoms with Crippen LogP contribution in [0, 0.1) is 5.92 Å². The van der Waals surface area contributed by atoms with Crippen LogP contribution in [0.5, 0.6) is 0 Å². The lowest BCUT2D eigenvalue weighted by atomic mass is 9.75. The van der Waals surface area contributed by atoms with Gasteiger partial charge in [-0.1, -0.05) is 24.3 Å². The van der Waals surface area contributed by atoms with E-state index >= 15 is 0 Å². The van der Waals surface area contributed by atoms with Crippen LogP contribution in [0.1, 0.15) is 48.5 Å². The van der Waals surface area contributed by atoms with Crippen LogP contribution in [0.3, 0.4) is 0 Å². The van der Waals surface area contributed by atoms with Gasteiger partial charge in [-0.15, -0.1) is 0 Å². The summed E-state index contributed by atoms with van der Waals surface area (Å²) in [7, 11) is 5.26. The molecular formula is C17H22BNO. The molecule has 1 aliphatic carbocycles. The average Bonchev–Trinajstić information content (AvgIpc) is 2.80. The molecule has 1 saturated heterocycles. The molecule has 1 aromatic carbocycles. The quantitative estimate of drug-likeness (QED) is 0.782. The minimum absolute atomic E-state index is 0.344. The largest absolute Gasteiger partial charge is 0.307 e. The van der Waals surface area contributed by atoms with Crippen molar-refractivity contribution in [2.75, 3.05) is 6.54 Å². The van der Waals surface area contributed by atoms with Crippen LogP contribution >= 0.6 is 0 Å². The lowest BCUT2D eigenvalue weighted by Crippen LogP contribution is -2.46. The third-order valence-electron chi connectivity index (χ3n) is 5.05. The van der Waals surface area contributed by atoms with Crippen molar-refractivity contribution in [1.29, 1.82) is 0 Å². The van der Waals surface area contributed by atoms with Crippen molar-refractivity contribution >= 4 is 13.5 Å². The number of carbonyl (C=O) groups excluding carboxylic acids is 1. The molecule has 2 fully saturated rings. The van der Waals surface area contributed by atoms with E-state index in [1.54, 1.807) is 0 Å². The summed E-state index contributed by atoms with van der Waals surface area (Å²) in [6, 6.07) is 9.39. The Bertz CT molecular complexity index is 478. The Morgan fingerprint density at radius 3 is 2.55 bits per heavy atom. The first-order valence-corrected chi connectivity index (χ1v) is 7.78. The maximum atomic E-state index is 11.0. The van der Waals surface area contributed by atoms with Crippen LogP contribution < -0.4 is 0 Å². The highest BCUT2D eigenvalue weighted by molar-refractivity contribution is 6.62. The van der Waals surface area contributed by atoms with Gasteiger partial charge in [0.2, 0.25) is 0 Å². The minimum Gasteiger partial charge on any atom is -0.307 e. The lowest BCUT2D eigenvalue weighted by Gasteiger charge is -2.43. The molecule has 1 saturated carbocycles. The van der Waals surface area contributed by atoms with Gasteiger partial charge in [-0.25, -0.2) is 0 Å². The van der Waals surface area contributed by atoms with E-state index in [0.717, 1.165) is 24.4 Å². The molecule has 0 spiro atoms. The molecule has 2 aliphatic rings. The Kier molecular flexibility index (Phi) is 3.97. The van der Waals surface area contributed by atoms with Crippen LogP contribution in [0.4, 0.5) is 0 Å². The maximum absolute atomic E-state index is 11.0. The summed E-state index contributed by atoms with van der Waals surface area (Å²) >= 11 is 0. The molecule has 2 radical (unpaired) electrons. The Labute approximate surface area is 123 Å². The van der Waals surface area contributed by atoms with E-state index in [9.17, 15) is 4.79 Å². The molecule has 20 heavy (non-hydrogen) atoms. The Balaban J connectivity index is 1.50. The van der Waals surface area contributed by atoms with E-state index in [1.165, 1.54) is 37.8 Å². The van der Waals surface area contributed by atoms with Gasteiger partial charge in [-0.05, 0) is 57.1 Å². The fourth-order valence-corrected chi connectivity index (χ4v) is 3.77. The predicted octanol–water partition coefficient (Wildman–Crippen LogP) is 2.80. The molecule has 0 N–H and O–H groups in total. The third kappa shape index (κ3) is 2.83. The summed E-state index contributed by atoms with van der Waals surface area (Å²) in [5.74, 6) is 0.812. The first-order valence-electron chi connectivity index (χ1n) is 7.78. The van der Waals surface area contributed by atoms with Gasteiger partial charge in [0.05, 0.1) is 0 Å². The van der Waals surface area contributed by atoms with Crippen molar-refractivity contribution in [1.82, 2.24) is 4.90 Å². The summed E-state index contributed by atoms with van der Waals surface area (Å²) in [6.45, 7) is 3.66. The SMILES string of the molecule is [B]C(=O)c1ccc(CC2CC(N3CCCC3C)C2)cc1. The fourth-order valence-electron chi connectivity index (χ4n) is 3.77. The Hall–Kier alpha value is -1.09. The molecule has 1 unspecified atom stereocenters. The van der Waals surface area contributed by atoms with Crippen LogP contribution in [-0.2, 0) is 6.42 Å². The summed E-state index contributed by atoms with van der Waals surface area (Å²) in [5.41, 5.74) is 1.59. The summed E-state index contributed by atoms with van der Waals surface area (Å²) < 4.78 is 0. The van der Waals surface area contributed by atoms with Gasteiger partial charge in [0.1, 0.15) is 5.68 Å². The molecule has 104 valence electrons. The van der Waals surface area contributed by atoms with Gasteiger partial charge < -0.3 is 4.79 Å². The smallest absolute Gasteiger partial charge is 0.175 e. The molecule has 0 amide bonds. The van der Waals surface area contributed by atoms with E-state index in [4.69, 9.17) is 7.85 Å². The van der Waals surface area contributed by atoms with Crippen LogP contribution in [-0.4, -0.2) is 37.1 Å². The van der Waals surface area contributed by atoms with E-state index in [2.05, 4.69) is 11.8 Å². The van der Waals surface area contributed by atoms with Gasteiger partial charge in [0.25, 0.3) is 0 Å². The van der Waals surface area contributed by atoms with Gasteiger partial charge in [-0.2, -0.15) is 0 Å². The highest BCUT2D eigenvalue weighted by Gasteiger charge is 2.37. The monoisotopic (exact) mass is 267 g/mol. The van der Waals surface area contributed by atoms with Crippen molar-refractivity contribution in [3.05, 3.63) is 35.4 Å². The van der Waals surface area contributed by atoms with Gasteiger partial charge in [0.15, 0.2) is 7.85 Å². The standard InChI is InChI=1S/C17H22BNO/c1-12-3-2-8-19(12)16-10-14(11-16)9-13-4-6-15(7-5-13)17(18)20/h4-7,12,14,16H,2-3,8-11H2,1H3. The van der Waals surface area contributed by atoms with Crippen molar-refractivity contribution < 1.29 is 4.79 Å². The molecular weight excluding hydrogens is 245 g/mol. The van der Waals surface area contributed by atoms with E-state index < -0.39 is 0 Å². The van der Waals surface area contributed by atoms with Gasteiger partial charge in [-0.3, -0.25) is 4.90 Å². The summed E-state index contributed by atoms with van der Waals surface area (Å²) in [5, 5.41) is 0. The zero-order valence-corrected chi connectivity index (χ0v) is 12.2. The van der Waals surface area contributed by atoms with Crippen LogP contribution in [0.15, 0.2) is 24.3 Å². The van der Waals surface area contributed by atoms with Crippen molar-refractivity contribution in [3.63, 3.8) is 0 Å². The molecule has 3 heteroatoms. The normalized spacial score (nSPS) is 30.1. The maximum Gasteiger partial charge on any atom is 0.175 e. The number of likely N-dealkylation sites (tertiary alicyclic amines) is 1. The Morgan fingerprint density at radius 1 is 1.30 bits per heavy atom. The van der Waals surface area contributed by atoms with Gasteiger partial charge in [0, 0.05) is 17.6 Å². The lowest BCUT2D eigenvalue weighted by molar-refractivity contribution is 0.0732. The third-order valence-corrected chi connectivity index (χ3v) is 5.05. The molecule has 2 nitrogen and oxygen atoms in total. The zero-order chi connectivity index (χ0) is 14.1. The molecule has 3 rings (SSSR count). The number of hydrogen-bond acceptors (Lipinski definition) is 2. The molecule has 1 heterocycles. The zero-order valence-electron chi connectivity index (χ0n) is 12.2. The predicted molar refractivity (Wildman–Crippen MR) is 82.1 cm³/mol. The average molecular weight is 267 g/mol. The number of benzene rings is 1. The molecule has 1 aromatic rings. The first kappa shape index (κ1) is 13.9. The van der Waals surface area contributed by atoms with Crippen LogP contribution in [0.2, 0.25) is 0 Å². The second-order valence-corrected chi connectivity index (χ2v) is 6.49. The van der Waals surface area contributed by atoms with E-state index in [0.29, 0.717) is 5.56 Å². The number of hydrogen-bond donors (Lipinski definition) is 0. The molecule has 1 atom stereocenters. The van der Waals surface area contributed by atoms with Crippen molar-refractivity contribution in [2.24, 2.45) is 5.92 Å². The number of nitrogens with zero attached hydrogens (tertiary/aromatic N) is 1. The fraction of sp³-hybridized carbons (Fsp3) is 0.588. The second-order valence-electron chi connectivity index (χ2n) is 6.49. The Morgan fingerprint density at radius 2 is 2.00 bits per heavy atom. The number of carbonyl (C=O) groups is 1. The van der Waals surface area contributed by atoms with E-state index in [1.807, 2.05) is 24.3 Å². The highest BCUT2D eigenvalue weighted by Crippen LogP contribution is 2.37. The molecule has 0 aromatic heterocycles. The second kappa shape index (κ2) is 5.73. The number of rotatable bonds is 4. The topological polar surface area (TPSA) is 20.3 Å². The summed E-state index contributed by atoms with van der Waals surface area (Å²) in [6.07, 6.45) is 6.55. The van der Waals surface area contributed by atoms with Crippen molar-refractivity contribution in [2.45, 2.75) is 51.1 Å². The summed E-state index contributed by atoms with van der Waals surface area (Å²) in [4.78, 5) is 13.7. The van der Waals surface area contributed by atoms with Crippen molar-refractivity contribution in [3.8, 4) is 0 Å². The van der Waals surface area contributed by atoms with Crippen LogP contribution in [0.25, 0.3) is 0 Å². The first-order chi connectivity index (χ1) is 9.63. The minimum atomic E-state index is -0.344. The highest BCUT2D eigenvalue weighted by atomic mass is 16.1. The van der Waals surface area contributed by atoms with Gasteiger partial charge >= 0.3 is 0 Å².